The van der Waals surface area contributed by atoms with E-state index in [1.807, 2.05) is 89.9 Å². The first-order valence-electron chi connectivity index (χ1n) is 11.4. The van der Waals surface area contributed by atoms with Crippen LogP contribution in [0.1, 0.15) is 41.3 Å². The number of rotatable bonds is 7. The van der Waals surface area contributed by atoms with Crippen molar-refractivity contribution in [3.05, 3.63) is 94.3 Å². The largest absolute Gasteiger partial charge is 0.481 e. The quantitative estimate of drug-likeness (QED) is 0.378. The van der Waals surface area contributed by atoms with Crippen molar-refractivity contribution in [2.75, 3.05) is 0 Å². The van der Waals surface area contributed by atoms with Crippen LogP contribution >= 0.6 is 11.3 Å². The van der Waals surface area contributed by atoms with Crippen molar-refractivity contribution in [3.63, 3.8) is 0 Å². The molecule has 0 saturated heterocycles. The first-order valence-corrected chi connectivity index (χ1v) is 12.2. The van der Waals surface area contributed by atoms with E-state index in [-0.39, 0.29) is 24.8 Å². The van der Waals surface area contributed by atoms with Crippen molar-refractivity contribution in [1.82, 2.24) is 14.8 Å². The lowest BCUT2D eigenvalue weighted by atomic mass is 9.97. The number of carboxylic acid groups (broad SMARTS) is 1. The van der Waals surface area contributed by atoms with E-state index in [0.29, 0.717) is 6.42 Å². The molecule has 2 aromatic carbocycles. The van der Waals surface area contributed by atoms with Gasteiger partial charge in [-0.15, -0.1) is 11.3 Å². The van der Waals surface area contributed by atoms with Crippen LogP contribution in [-0.2, 0) is 9.59 Å². The van der Waals surface area contributed by atoms with Gasteiger partial charge in [0.15, 0.2) is 0 Å². The Balaban J connectivity index is 1.60. The van der Waals surface area contributed by atoms with Gasteiger partial charge in [-0.05, 0) is 30.5 Å². The van der Waals surface area contributed by atoms with Gasteiger partial charge in [-0.1, -0.05) is 54.1 Å². The van der Waals surface area contributed by atoms with Crippen LogP contribution in [0.5, 0.6) is 0 Å². The fourth-order valence-electron chi connectivity index (χ4n) is 4.18. The number of thiophene rings is 1. The van der Waals surface area contributed by atoms with Crippen molar-refractivity contribution in [3.8, 4) is 16.9 Å². The van der Waals surface area contributed by atoms with Crippen molar-refractivity contribution in [2.45, 2.75) is 32.2 Å². The van der Waals surface area contributed by atoms with Gasteiger partial charge in [0.05, 0.1) is 34.4 Å². The maximum Gasteiger partial charge on any atom is 0.303 e. The molecule has 176 valence electrons. The molecule has 0 fully saturated rings. The number of aryl methyl sites for hydroxylation is 1. The number of amides is 1. The van der Waals surface area contributed by atoms with Gasteiger partial charge in [-0.25, -0.2) is 9.69 Å². The Morgan fingerprint density at radius 3 is 2.49 bits per heavy atom. The summed E-state index contributed by atoms with van der Waals surface area (Å²) in [5, 5.41) is 22.2. The zero-order valence-electron chi connectivity index (χ0n) is 19.2. The minimum atomic E-state index is -1.01. The molecule has 5 rings (SSSR count). The van der Waals surface area contributed by atoms with Crippen molar-refractivity contribution >= 4 is 28.9 Å². The standard InChI is InChI=1S/C27H24N4O3S/c1-18-9-11-19(12-10-18)27-21(17-30(29-27)20-6-3-2-4-7-20)23-16-22(24-8-5-15-35-24)28-31(23)25(32)13-14-26(33)34/h2-12,15,17,23H,13-14,16H2,1H3,(H,33,34)/t23-/m0/s1. The van der Waals surface area contributed by atoms with Crippen LogP contribution in [0.25, 0.3) is 16.9 Å². The Morgan fingerprint density at radius 2 is 1.80 bits per heavy atom. The van der Waals surface area contributed by atoms with Gasteiger partial charge in [0.2, 0.25) is 5.91 Å². The molecule has 0 aliphatic carbocycles. The number of para-hydroxylation sites is 1. The van der Waals surface area contributed by atoms with Gasteiger partial charge in [0.1, 0.15) is 0 Å². The monoisotopic (exact) mass is 484 g/mol. The smallest absolute Gasteiger partial charge is 0.303 e. The van der Waals surface area contributed by atoms with Gasteiger partial charge >= 0.3 is 5.97 Å². The molecule has 4 aromatic rings. The molecule has 35 heavy (non-hydrogen) atoms. The van der Waals surface area contributed by atoms with E-state index in [1.165, 1.54) is 5.01 Å². The number of hydrazone groups is 1. The zero-order chi connectivity index (χ0) is 24.4. The molecule has 1 amide bonds. The summed E-state index contributed by atoms with van der Waals surface area (Å²) in [7, 11) is 0. The Kier molecular flexibility index (Phi) is 6.29. The molecule has 0 bridgehead atoms. The highest BCUT2D eigenvalue weighted by Gasteiger charge is 2.36. The first-order chi connectivity index (χ1) is 17.0. The van der Waals surface area contributed by atoms with E-state index in [0.717, 1.165) is 38.7 Å². The predicted octanol–water partition coefficient (Wildman–Crippen LogP) is 5.45. The first kappa shape index (κ1) is 22.7. The second-order valence-electron chi connectivity index (χ2n) is 8.46. The molecule has 0 spiro atoms. The maximum atomic E-state index is 13.1. The average Bonchev–Trinajstić information content (AvgIpc) is 3.63. The van der Waals surface area contributed by atoms with Gasteiger partial charge < -0.3 is 5.11 Å². The summed E-state index contributed by atoms with van der Waals surface area (Å²) in [4.78, 5) is 25.3. The van der Waals surface area contributed by atoms with Gasteiger partial charge in [-0.2, -0.15) is 10.2 Å². The van der Waals surface area contributed by atoms with Crippen molar-refractivity contribution in [1.29, 1.82) is 0 Å². The highest BCUT2D eigenvalue weighted by atomic mass is 32.1. The third-order valence-corrected chi connectivity index (χ3v) is 6.89. The van der Waals surface area contributed by atoms with E-state index in [1.54, 1.807) is 11.3 Å². The van der Waals surface area contributed by atoms with E-state index in [9.17, 15) is 9.59 Å². The van der Waals surface area contributed by atoms with Crippen LogP contribution in [0.3, 0.4) is 0 Å². The summed E-state index contributed by atoms with van der Waals surface area (Å²) < 4.78 is 1.83. The highest BCUT2D eigenvalue weighted by molar-refractivity contribution is 7.12. The molecule has 1 aliphatic rings. The van der Waals surface area contributed by atoms with Crippen molar-refractivity contribution in [2.24, 2.45) is 5.10 Å². The van der Waals surface area contributed by atoms with Crippen LogP contribution in [0.2, 0.25) is 0 Å². The van der Waals surface area contributed by atoms with E-state index in [2.05, 4.69) is 5.10 Å². The Bertz CT molecular complexity index is 1380. The zero-order valence-corrected chi connectivity index (χ0v) is 20.0. The van der Waals surface area contributed by atoms with Crippen LogP contribution in [0.15, 0.2) is 83.4 Å². The molecule has 3 heterocycles. The molecule has 1 atom stereocenters. The molecule has 8 heteroatoms. The summed E-state index contributed by atoms with van der Waals surface area (Å²) in [5.74, 6) is -1.32. The van der Waals surface area contributed by atoms with E-state index < -0.39 is 5.97 Å². The van der Waals surface area contributed by atoms with Crippen molar-refractivity contribution < 1.29 is 14.7 Å². The van der Waals surface area contributed by atoms with Crippen LogP contribution < -0.4 is 0 Å². The number of benzene rings is 2. The van der Waals surface area contributed by atoms with E-state index >= 15 is 0 Å². The third-order valence-electron chi connectivity index (χ3n) is 5.97. The number of carbonyl (C=O) groups excluding carboxylic acids is 1. The van der Waals surface area contributed by atoms with Crippen LogP contribution in [0.4, 0.5) is 0 Å². The number of hydrogen-bond donors (Lipinski definition) is 1. The number of aromatic nitrogens is 2. The Hall–Kier alpha value is -4.04. The highest BCUT2D eigenvalue weighted by Crippen LogP contribution is 2.39. The third kappa shape index (κ3) is 4.79. The molecule has 0 radical (unpaired) electrons. The normalized spacial score (nSPS) is 15.3. The van der Waals surface area contributed by atoms with Gasteiger partial charge in [0.25, 0.3) is 0 Å². The fourth-order valence-corrected chi connectivity index (χ4v) is 4.90. The molecule has 2 aromatic heterocycles. The summed E-state index contributed by atoms with van der Waals surface area (Å²) in [6.45, 7) is 2.04. The Morgan fingerprint density at radius 1 is 1.03 bits per heavy atom. The molecular weight excluding hydrogens is 460 g/mol. The number of carboxylic acids is 1. The minimum Gasteiger partial charge on any atom is -0.481 e. The summed E-state index contributed by atoms with van der Waals surface area (Å²) >= 11 is 1.57. The number of carbonyl (C=O) groups is 2. The fraction of sp³-hybridized carbons (Fsp3) is 0.185. The molecular formula is C27H24N4O3S. The molecule has 7 nitrogen and oxygen atoms in total. The number of aliphatic carboxylic acids is 1. The van der Waals surface area contributed by atoms with Crippen LogP contribution in [-0.4, -0.2) is 37.5 Å². The second kappa shape index (κ2) is 9.68. The lowest BCUT2D eigenvalue weighted by Crippen LogP contribution is -2.27. The molecule has 1 N–H and O–H groups in total. The van der Waals surface area contributed by atoms with Gasteiger partial charge in [0, 0.05) is 30.2 Å². The molecule has 1 aliphatic heterocycles. The lowest BCUT2D eigenvalue weighted by Gasteiger charge is -2.21. The van der Waals surface area contributed by atoms with Crippen LogP contribution in [0, 0.1) is 6.92 Å². The summed E-state index contributed by atoms with van der Waals surface area (Å²) in [6, 6.07) is 21.5. The van der Waals surface area contributed by atoms with Gasteiger partial charge in [-0.3, -0.25) is 9.59 Å². The molecule has 0 unspecified atom stereocenters. The van der Waals surface area contributed by atoms with E-state index in [4.69, 9.17) is 10.2 Å². The predicted molar refractivity (Wildman–Crippen MR) is 136 cm³/mol. The minimum absolute atomic E-state index is 0.111. The topological polar surface area (TPSA) is 87.8 Å². The number of nitrogens with zero attached hydrogens (tertiary/aromatic N) is 4. The Labute approximate surface area is 207 Å². The average molecular weight is 485 g/mol. The lowest BCUT2D eigenvalue weighted by molar-refractivity contribution is -0.141. The summed E-state index contributed by atoms with van der Waals surface area (Å²) in [5.41, 5.74) is 5.47. The summed E-state index contributed by atoms with van der Waals surface area (Å²) in [6.07, 6.45) is 2.14. The maximum absolute atomic E-state index is 13.1. The second-order valence-corrected chi connectivity index (χ2v) is 9.40. The SMILES string of the molecule is Cc1ccc(-c2nn(-c3ccccc3)cc2[C@@H]2CC(c3cccs3)=NN2C(=O)CCC(=O)O)cc1. The molecule has 0 saturated carbocycles. The number of hydrogen-bond acceptors (Lipinski definition) is 5.